The molecule has 0 N–H and O–H groups in total. The number of rotatable bonds is 2. The Morgan fingerprint density at radius 2 is 1.73 bits per heavy atom. The summed E-state index contributed by atoms with van der Waals surface area (Å²) in [6, 6.07) is 0. The molecule has 0 spiro atoms. The van der Waals surface area contributed by atoms with E-state index in [1.54, 1.807) is 0 Å². The first-order valence-corrected chi connectivity index (χ1v) is 6.54. The van der Waals surface area contributed by atoms with Crippen molar-refractivity contribution in [2.24, 2.45) is 29.6 Å². The van der Waals surface area contributed by atoms with Crippen molar-refractivity contribution in [3.05, 3.63) is 12.2 Å². The summed E-state index contributed by atoms with van der Waals surface area (Å²) < 4.78 is 0. The number of aldehydes is 1. The van der Waals surface area contributed by atoms with Gasteiger partial charge in [0.05, 0.1) is 0 Å². The highest BCUT2D eigenvalue weighted by atomic mass is 16.1. The summed E-state index contributed by atoms with van der Waals surface area (Å²) in [6.07, 6.45) is 14.2. The van der Waals surface area contributed by atoms with Crippen molar-refractivity contribution < 1.29 is 4.79 Å². The van der Waals surface area contributed by atoms with Crippen LogP contribution in [0.4, 0.5) is 0 Å². The van der Waals surface area contributed by atoms with Crippen molar-refractivity contribution >= 4 is 6.29 Å². The Morgan fingerprint density at radius 3 is 2.47 bits per heavy atom. The van der Waals surface area contributed by atoms with E-state index in [9.17, 15) is 4.79 Å². The van der Waals surface area contributed by atoms with Gasteiger partial charge in [0.15, 0.2) is 0 Å². The molecule has 82 valence electrons. The van der Waals surface area contributed by atoms with Gasteiger partial charge in [0, 0.05) is 5.92 Å². The van der Waals surface area contributed by atoms with Crippen molar-refractivity contribution in [3.8, 4) is 0 Å². The Bertz CT molecular complexity index is 275. The molecule has 0 saturated heterocycles. The van der Waals surface area contributed by atoms with Gasteiger partial charge >= 0.3 is 0 Å². The lowest BCUT2D eigenvalue weighted by Crippen LogP contribution is -2.29. The summed E-state index contributed by atoms with van der Waals surface area (Å²) in [5.41, 5.74) is 0. The summed E-state index contributed by atoms with van der Waals surface area (Å²) in [6.45, 7) is 0. The molecule has 3 aliphatic rings. The van der Waals surface area contributed by atoms with Crippen LogP contribution in [0.25, 0.3) is 0 Å². The molecule has 0 aliphatic heterocycles. The number of carbonyl (C=O) groups is 1. The molecule has 2 bridgehead atoms. The largest absolute Gasteiger partial charge is 0.303 e. The summed E-state index contributed by atoms with van der Waals surface area (Å²) in [5.74, 6) is 3.27. The van der Waals surface area contributed by atoms with Crippen LogP contribution in [0.15, 0.2) is 12.2 Å². The van der Waals surface area contributed by atoms with E-state index in [4.69, 9.17) is 0 Å². The fourth-order valence-electron chi connectivity index (χ4n) is 4.27. The second-order valence-electron chi connectivity index (χ2n) is 5.64. The Hall–Kier alpha value is -0.590. The summed E-state index contributed by atoms with van der Waals surface area (Å²) in [4.78, 5) is 11.2. The maximum Gasteiger partial charge on any atom is 0.123 e. The maximum atomic E-state index is 11.2. The molecular weight excluding hydrogens is 184 g/mol. The zero-order valence-corrected chi connectivity index (χ0v) is 9.27. The molecule has 4 atom stereocenters. The highest BCUT2D eigenvalue weighted by molar-refractivity contribution is 5.57. The average Bonchev–Trinajstić information content (AvgIpc) is 2.89. The topological polar surface area (TPSA) is 17.1 Å². The first kappa shape index (κ1) is 9.62. The molecule has 1 heteroatoms. The molecule has 1 nitrogen and oxygen atoms in total. The van der Waals surface area contributed by atoms with Crippen molar-refractivity contribution in [3.63, 3.8) is 0 Å². The number of fused-ring (bicyclic) bond motifs is 2. The Morgan fingerprint density at radius 1 is 1.00 bits per heavy atom. The molecule has 3 rings (SSSR count). The van der Waals surface area contributed by atoms with Crippen LogP contribution in [0.2, 0.25) is 0 Å². The predicted molar refractivity (Wildman–Crippen MR) is 60.4 cm³/mol. The Kier molecular flexibility index (Phi) is 2.42. The van der Waals surface area contributed by atoms with Gasteiger partial charge in [0.25, 0.3) is 0 Å². The van der Waals surface area contributed by atoms with Gasteiger partial charge in [-0.05, 0) is 30.1 Å². The highest BCUT2D eigenvalue weighted by Crippen LogP contribution is 2.52. The number of carbonyl (C=O) groups excluding carboxylic acids is 1. The van der Waals surface area contributed by atoms with Gasteiger partial charge in [-0.15, -0.1) is 0 Å². The smallest absolute Gasteiger partial charge is 0.123 e. The standard InChI is InChI=1S/C14H20O/c15-9-13-11-6-7-12(8-11)14(13)10-4-2-1-3-5-10/h6-7,9-14H,1-5,8H2/t11-,12+,13+,14+/m1/s1. The van der Waals surface area contributed by atoms with E-state index in [0.717, 1.165) is 11.8 Å². The second kappa shape index (κ2) is 3.77. The minimum Gasteiger partial charge on any atom is -0.303 e. The minimum absolute atomic E-state index is 0.364. The maximum absolute atomic E-state index is 11.2. The van der Waals surface area contributed by atoms with Crippen LogP contribution in [-0.2, 0) is 4.79 Å². The normalized spacial score (nSPS) is 44.8. The van der Waals surface area contributed by atoms with Crippen LogP contribution in [0, 0.1) is 29.6 Å². The number of hydrogen-bond acceptors (Lipinski definition) is 1. The van der Waals surface area contributed by atoms with E-state index in [1.807, 2.05) is 0 Å². The van der Waals surface area contributed by atoms with E-state index in [2.05, 4.69) is 12.2 Å². The average molecular weight is 204 g/mol. The lowest BCUT2D eigenvalue weighted by atomic mass is 9.70. The van der Waals surface area contributed by atoms with Crippen LogP contribution in [-0.4, -0.2) is 6.29 Å². The van der Waals surface area contributed by atoms with E-state index in [-0.39, 0.29) is 0 Å². The molecular formula is C14H20O. The quantitative estimate of drug-likeness (QED) is 0.498. The van der Waals surface area contributed by atoms with Gasteiger partial charge in [-0.25, -0.2) is 0 Å². The second-order valence-corrected chi connectivity index (χ2v) is 5.64. The molecule has 2 fully saturated rings. The van der Waals surface area contributed by atoms with Crippen molar-refractivity contribution in [1.29, 1.82) is 0 Å². The molecule has 0 unspecified atom stereocenters. The highest BCUT2D eigenvalue weighted by Gasteiger charge is 2.47. The third-order valence-corrected chi connectivity index (χ3v) is 4.93. The van der Waals surface area contributed by atoms with Crippen LogP contribution < -0.4 is 0 Å². The van der Waals surface area contributed by atoms with E-state index < -0.39 is 0 Å². The zero-order valence-electron chi connectivity index (χ0n) is 9.27. The first-order chi connectivity index (χ1) is 7.40. The van der Waals surface area contributed by atoms with Crippen LogP contribution >= 0.6 is 0 Å². The predicted octanol–water partition coefficient (Wildman–Crippen LogP) is 3.20. The number of allylic oxidation sites excluding steroid dienone is 2. The van der Waals surface area contributed by atoms with Crippen molar-refractivity contribution in [2.45, 2.75) is 38.5 Å². The molecule has 0 heterocycles. The van der Waals surface area contributed by atoms with E-state index >= 15 is 0 Å². The third-order valence-electron chi connectivity index (χ3n) is 4.93. The lowest BCUT2D eigenvalue weighted by molar-refractivity contribution is -0.113. The summed E-state index contributed by atoms with van der Waals surface area (Å²) >= 11 is 0. The molecule has 2 saturated carbocycles. The SMILES string of the molecule is O=C[C@@H]1[C@@H](C2CCCCC2)[C@H]2C=C[C@@H]1C2. The minimum atomic E-state index is 0.364. The lowest BCUT2D eigenvalue weighted by Gasteiger charge is -2.34. The molecule has 15 heavy (non-hydrogen) atoms. The fourth-order valence-corrected chi connectivity index (χ4v) is 4.27. The van der Waals surface area contributed by atoms with Crippen LogP contribution in [0.1, 0.15) is 38.5 Å². The Balaban J connectivity index is 1.78. The van der Waals surface area contributed by atoms with Gasteiger partial charge in [0.2, 0.25) is 0 Å². The van der Waals surface area contributed by atoms with Gasteiger partial charge in [-0.1, -0.05) is 44.3 Å². The molecule has 0 radical (unpaired) electrons. The van der Waals surface area contributed by atoms with Gasteiger partial charge in [0.1, 0.15) is 6.29 Å². The van der Waals surface area contributed by atoms with E-state index in [0.29, 0.717) is 17.8 Å². The monoisotopic (exact) mass is 204 g/mol. The zero-order chi connectivity index (χ0) is 10.3. The van der Waals surface area contributed by atoms with Crippen molar-refractivity contribution in [2.75, 3.05) is 0 Å². The van der Waals surface area contributed by atoms with Crippen LogP contribution in [0.3, 0.4) is 0 Å². The van der Waals surface area contributed by atoms with Gasteiger partial charge < -0.3 is 4.79 Å². The molecule has 0 amide bonds. The molecule has 0 aromatic rings. The Labute approximate surface area is 91.9 Å². The molecule has 3 aliphatic carbocycles. The molecule has 0 aromatic carbocycles. The molecule has 0 aromatic heterocycles. The van der Waals surface area contributed by atoms with Crippen LogP contribution in [0.5, 0.6) is 0 Å². The fraction of sp³-hybridized carbons (Fsp3) is 0.786. The van der Waals surface area contributed by atoms with E-state index in [1.165, 1.54) is 44.8 Å². The van der Waals surface area contributed by atoms with Gasteiger partial charge in [-0.2, -0.15) is 0 Å². The summed E-state index contributed by atoms with van der Waals surface area (Å²) in [7, 11) is 0. The van der Waals surface area contributed by atoms with Crippen molar-refractivity contribution in [1.82, 2.24) is 0 Å². The number of hydrogen-bond donors (Lipinski definition) is 0. The van der Waals surface area contributed by atoms with Gasteiger partial charge in [-0.3, -0.25) is 0 Å². The first-order valence-electron chi connectivity index (χ1n) is 6.54. The summed E-state index contributed by atoms with van der Waals surface area (Å²) in [5, 5.41) is 0. The third kappa shape index (κ3) is 1.47.